The third kappa shape index (κ3) is 6.37. The van der Waals surface area contributed by atoms with Crippen LogP contribution in [0.25, 0.3) is 0 Å². The van der Waals surface area contributed by atoms with Crippen molar-refractivity contribution in [3.05, 3.63) is 0 Å². The van der Waals surface area contributed by atoms with Crippen molar-refractivity contribution in [2.75, 3.05) is 65.6 Å². The monoisotopic (exact) mass is 384 g/mol. The largest absolute Gasteiger partial charge is 0.378 e. The number of nitrogens with zero attached hydrogens (tertiary/aromatic N) is 3. The number of nitrogens with one attached hydrogen (secondary N) is 1. The van der Waals surface area contributed by atoms with Gasteiger partial charge in [0.15, 0.2) is 0 Å². The molecule has 24 heavy (non-hydrogen) atoms. The van der Waals surface area contributed by atoms with Gasteiger partial charge in [-0.15, -0.1) is 24.8 Å². The summed E-state index contributed by atoms with van der Waals surface area (Å²) < 4.78 is 5.34. The number of carbonyl (C=O) groups excluding carboxylic acids is 2. The number of carbonyl (C=O) groups is 2. The molecular formula is C15H30Cl2N4O3. The number of amides is 2. The van der Waals surface area contributed by atoms with E-state index >= 15 is 0 Å². The van der Waals surface area contributed by atoms with Gasteiger partial charge in [-0.25, -0.2) is 0 Å². The Hall–Kier alpha value is -0.600. The van der Waals surface area contributed by atoms with Crippen LogP contribution in [-0.2, 0) is 14.3 Å². The lowest BCUT2D eigenvalue weighted by atomic mass is 10.2. The van der Waals surface area contributed by atoms with Crippen molar-refractivity contribution >= 4 is 36.6 Å². The summed E-state index contributed by atoms with van der Waals surface area (Å²) in [7, 11) is 0. The van der Waals surface area contributed by atoms with Crippen LogP contribution in [0.2, 0.25) is 0 Å². The molecule has 2 aliphatic heterocycles. The molecule has 1 N–H and O–H groups in total. The molecule has 2 rings (SSSR count). The summed E-state index contributed by atoms with van der Waals surface area (Å²) in [6.07, 6.45) is 0. The summed E-state index contributed by atoms with van der Waals surface area (Å²) in [4.78, 5) is 30.4. The Morgan fingerprint density at radius 3 is 2.17 bits per heavy atom. The van der Waals surface area contributed by atoms with Crippen molar-refractivity contribution < 1.29 is 14.3 Å². The molecule has 2 heterocycles. The Bertz CT molecular complexity index is 383. The lowest BCUT2D eigenvalue weighted by Gasteiger charge is -2.37. The predicted molar refractivity (Wildman–Crippen MR) is 98.1 cm³/mol. The zero-order valence-corrected chi connectivity index (χ0v) is 16.2. The molecule has 2 aliphatic rings. The maximum atomic E-state index is 12.4. The summed E-state index contributed by atoms with van der Waals surface area (Å²) in [5.74, 6) is 0.255. The van der Waals surface area contributed by atoms with Gasteiger partial charge in [0.2, 0.25) is 11.8 Å². The average Bonchev–Trinajstić information content (AvgIpc) is 2.59. The summed E-state index contributed by atoms with van der Waals surface area (Å²) in [6.45, 7) is 10.7. The quantitative estimate of drug-likeness (QED) is 0.712. The number of likely N-dealkylation sites (N-methyl/N-ethyl adjacent to an activating group) is 1. The molecule has 0 bridgehead atoms. The Balaban J connectivity index is 0.00000264. The normalized spacial score (nSPS) is 21.0. The van der Waals surface area contributed by atoms with Gasteiger partial charge in [0.25, 0.3) is 0 Å². The highest BCUT2D eigenvalue weighted by Gasteiger charge is 2.30. The first-order valence-corrected chi connectivity index (χ1v) is 8.25. The number of rotatable bonds is 5. The fourth-order valence-electron chi connectivity index (χ4n) is 2.86. The topological polar surface area (TPSA) is 65.1 Å². The van der Waals surface area contributed by atoms with Gasteiger partial charge in [0, 0.05) is 32.7 Å². The van der Waals surface area contributed by atoms with Crippen molar-refractivity contribution in [1.82, 2.24) is 20.0 Å². The molecule has 0 aromatic carbocycles. The number of ether oxygens (including phenoxy) is 1. The van der Waals surface area contributed by atoms with E-state index in [0.717, 1.165) is 19.6 Å². The van der Waals surface area contributed by atoms with Gasteiger partial charge in [-0.1, -0.05) is 13.8 Å². The van der Waals surface area contributed by atoms with E-state index in [1.54, 1.807) is 0 Å². The van der Waals surface area contributed by atoms with Gasteiger partial charge in [0.1, 0.15) is 6.04 Å². The minimum atomic E-state index is -0.230. The molecule has 2 fully saturated rings. The minimum Gasteiger partial charge on any atom is -0.378 e. The van der Waals surface area contributed by atoms with E-state index in [4.69, 9.17) is 4.74 Å². The second-order valence-corrected chi connectivity index (χ2v) is 5.75. The van der Waals surface area contributed by atoms with E-state index in [9.17, 15) is 9.59 Å². The van der Waals surface area contributed by atoms with Crippen LogP contribution < -0.4 is 5.32 Å². The molecule has 1 unspecified atom stereocenters. The highest BCUT2D eigenvalue weighted by atomic mass is 35.5. The smallest absolute Gasteiger partial charge is 0.242 e. The maximum absolute atomic E-state index is 12.4. The zero-order chi connectivity index (χ0) is 15.9. The first-order valence-electron chi connectivity index (χ1n) is 8.25. The van der Waals surface area contributed by atoms with Gasteiger partial charge in [0.05, 0.1) is 19.8 Å². The third-order valence-corrected chi connectivity index (χ3v) is 4.42. The Labute approximate surface area is 156 Å². The molecule has 142 valence electrons. The van der Waals surface area contributed by atoms with Gasteiger partial charge in [-0.2, -0.15) is 0 Å². The first kappa shape index (κ1) is 23.4. The van der Waals surface area contributed by atoms with E-state index in [1.165, 1.54) is 0 Å². The fraction of sp³-hybridized carbons (Fsp3) is 0.867. The van der Waals surface area contributed by atoms with Gasteiger partial charge >= 0.3 is 0 Å². The van der Waals surface area contributed by atoms with Crippen molar-refractivity contribution in [3.8, 4) is 0 Å². The molecule has 0 spiro atoms. The van der Waals surface area contributed by atoms with Crippen LogP contribution in [0.3, 0.4) is 0 Å². The number of hydrogen-bond acceptors (Lipinski definition) is 5. The molecule has 1 atom stereocenters. The van der Waals surface area contributed by atoms with Crippen LogP contribution in [0.15, 0.2) is 0 Å². The number of halogens is 2. The highest BCUT2D eigenvalue weighted by Crippen LogP contribution is 2.07. The zero-order valence-electron chi connectivity index (χ0n) is 14.5. The van der Waals surface area contributed by atoms with Gasteiger partial charge < -0.3 is 19.9 Å². The number of morpholine rings is 1. The van der Waals surface area contributed by atoms with Crippen molar-refractivity contribution in [3.63, 3.8) is 0 Å². The number of piperazine rings is 1. The molecule has 7 nitrogen and oxygen atoms in total. The standard InChI is InChI=1S/C15H28N4O3.2ClH/c1-3-17(4-2)11-14(20)18-6-8-19(9-7-18)15(21)13-12-22-10-5-16-13;;/h13,16H,3-12H2,1-2H3;2*1H. The van der Waals surface area contributed by atoms with Crippen molar-refractivity contribution in [2.45, 2.75) is 19.9 Å². The summed E-state index contributed by atoms with van der Waals surface area (Å²) in [5.41, 5.74) is 0. The SMILES string of the molecule is CCN(CC)CC(=O)N1CCN(C(=O)C2COCCN2)CC1.Cl.Cl. The van der Waals surface area contributed by atoms with E-state index < -0.39 is 0 Å². The lowest BCUT2D eigenvalue weighted by Crippen LogP contribution is -2.58. The Morgan fingerprint density at radius 1 is 1.08 bits per heavy atom. The van der Waals surface area contributed by atoms with Crippen molar-refractivity contribution in [2.24, 2.45) is 0 Å². The molecule has 0 radical (unpaired) electrons. The van der Waals surface area contributed by atoms with Crippen LogP contribution in [0.1, 0.15) is 13.8 Å². The van der Waals surface area contributed by atoms with Gasteiger partial charge in [-0.3, -0.25) is 14.5 Å². The molecule has 0 aromatic heterocycles. The minimum absolute atomic E-state index is 0. The molecule has 2 amide bonds. The van der Waals surface area contributed by atoms with Gasteiger partial charge in [-0.05, 0) is 13.1 Å². The van der Waals surface area contributed by atoms with E-state index in [1.807, 2.05) is 9.80 Å². The van der Waals surface area contributed by atoms with Crippen LogP contribution in [0.5, 0.6) is 0 Å². The molecular weight excluding hydrogens is 355 g/mol. The molecule has 0 saturated carbocycles. The van der Waals surface area contributed by atoms with E-state index in [0.29, 0.717) is 45.9 Å². The first-order chi connectivity index (χ1) is 10.7. The number of hydrogen-bond donors (Lipinski definition) is 1. The highest BCUT2D eigenvalue weighted by molar-refractivity contribution is 5.85. The second-order valence-electron chi connectivity index (χ2n) is 5.75. The third-order valence-electron chi connectivity index (χ3n) is 4.42. The lowest BCUT2D eigenvalue weighted by molar-refractivity contribution is -0.143. The summed E-state index contributed by atoms with van der Waals surface area (Å²) in [5, 5.41) is 3.19. The Kier molecular flexibility index (Phi) is 11.6. The Morgan fingerprint density at radius 2 is 1.67 bits per heavy atom. The fourth-order valence-corrected chi connectivity index (χ4v) is 2.86. The van der Waals surface area contributed by atoms with Crippen LogP contribution in [-0.4, -0.2) is 98.1 Å². The van der Waals surface area contributed by atoms with E-state index in [-0.39, 0.29) is 42.7 Å². The van der Waals surface area contributed by atoms with Crippen LogP contribution in [0.4, 0.5) is 0 Å². The second kappa shape index (κ2) is 11.9. The predicted octanol–water partition coefficient (Wildman–Crippen LogP) is -0.169. The molecule has 0 aromatic rings. The molecule has 0 aliphatic carbocycles. The molecule has 9 heteroatoms. The summed E-state index contributed by atoms with van der Waals surface area (Å²) in [6, 6.07) is -0.230. The van der Waals surface area contributed by atoms with Crippen molar-refractivity contribution in [1.29, 1.82) is 0 Å². The maximum Gasteiger partial charge on any atom is 0.242 e. The summed E-state index contributed by atoms with van der Waals surface area (Å²) >= 11 is 0. The molecule has 2 saturated heterocycles. The average molecular weight is 385 g/mol. The van der Waals surface area contributed by atoms with Crippen LogP contribution >= 0.6 is 24.8 Å². The van der Waals surface area contributed by atoms with E-state index in [2.05, 4.69) is 24.1 Å². The van der Waals surface area contributed by atoms with Crippen LogP contribution in [0, 0.1) is 0 Å².